The first-order valence-corrected chi connectivity index (χ1v) is 8.25. The average molecular weight is 351 g/mol. The van der Waals surface area contributed by atoms with Crippen molar-refractivity contribution in [1.82, 2.24) is 14.7 Å². The van der Waals surface area contributed by atoms with E-state index in [1.165, 1.54) is 11.1 Å². The van der Waals surface area contributed by atoms with Crippen molar-refractivity contribution >= 4 is 5.91 Å². The van der Waals surface area contributed by atoms with Gasteiger partial charge < -0.3 is 4.90 Å². The minimum Gasteiger partial charge on any atom is -0.338 e. The van der Waals surface area contributed by atoms with Crippen molar-refractivity contribution < 1.29 is 18.0 Å². The van der Waals surface area contributed by atoms with Crippen LogP contribution in [0, 0.1) is 19.8 Å². The van der Waals surface area contributed by atoms with E-state index in [2.05, 4.69) is 5.10 Å². The molecule has 7 heteroatoms. The fourth-order valence-corrected chi connectivity index (χ4v) is 3.26. The Bertz CT molecular complexity index is 782. The van der Waals surface area contributed by atoms with E-state index in [1.54, 1.807) is 11.6 Å². The summed E-state index contributed by atoms with van der Waals surface area (Å²) in [5.74, 6) is -1.83. The summed E-state index contributed by atoms with van der Waals surface area (Å²) in [4.78, 5) is 14.0. The maximum Gasteiger partial charge on any atom is 0.393 e. The molecule has 0 radical (unpaired) electrons. The Balaban J connectivity index is 1.85. The first-order chi connectivity index (χ1) is 11.8. The van der Waals surface area contributed by atoms with Crippen LogP contribution in [-0.2, 0) is 0 Å². The number of nitrogens with zero attached hydrogens (tertiary/aromatic N) is 3. The second-order valence-electron chi connectivity index (χ2n) is 6.47. The lowest BCUT2D eigenvalue weighted by molar-refractivity contribution is -0.184. The van der Waals surface area contributed by atoms with Crippen LogP contribution in [0.5, 0.6) is 0 Å². The van der Waals surface area contributed by atoms with Gasteiger partial charge in [-0.1, -0.05) is 18.2 Å². The molecule has 2 heterocycles. The van der Waals surface area contributed by atoms with Crippen molar-refractivity contribution in [3.05, 3.63) is 47.3 Å². The third-order valence-corrected chi connectivity index (χ3v) is 4.76. The molecule has 1 amide bonds. The zero-order chi connectivity index (χ0) is 18.2. The molecular weight excluding hydrogens is 331 g/mol. The van der Waals surface area contributed by atoms with Gasteiger partial charge in [0.1, 0.15) is 0 Å². The Morgan fingerprint density at radius 3 is 2.64 bits per heavy atom. The molecule has 0 bridgehead atoms. The van der Waals surface area contributed by atoms with Gasteiger partial charge in [0.25, 0.3) is 5.91 Å². The summed E-state index contributed by atoms with van der Waals surface area (Å²) in [5.41, 5.74) is 2.84. The van der Waals surface area contributed by atoms with Crippen LogP contribution in [0.4, 0.5) is 13.2 Å². The van der Waals surface area contributed by atoms with E-state index in [4.69, 9.17) is 0 Å². The highest BCUT2D eigenvalue weighted by Gasteiger charge is 2.43. The molecule has 4 nitrogen and oxygen atoms in total. The molecule has 1 unspecified atom stereocenters. The number of benzene rings is 1. The van der Waals surface area contributed by atoms with Crippen LogP contribution >= 0.6 is 0 Å². The number of halogens is 3. The van der Waals surface area contributed by atoms with Gasteiger partial charge in [-0.2, -0.15) is 18.3 Å². The summed E-state index contributed by atoms with van der Waals surface area (Å²) in [6.45, 7) is 3.77. The number of amides is 1. The highest BCUT2D eigenvalue weighted by molar-refractivity contribution is 5.95. The number of carbonyl (C=O) groups excluding carboxylic acids is 1. The summed E-state index contributed by atoms with van der Waals surface area (Å²) in [6.07, 6.45) is -2.38. The molecule has 1 aromatic carbocycles. The van der Waals surface area contributed by atoms with Crippen LogP contribution in [0.1, 0.15) is 34.5 Å². The normalized spacial score (nSPS) is 18.4. The molecule has 0 spiro atoms. The third kappa shape index (κ3) is 3.41. The Labute approximate surface area is 144 Å². The molecule has 0 aliphatic carbocycles. The third-order valence-electron chi connectivity index (χ3n) is 4.76. The maximum absolute atomic E-state index is 13.0. The summed E-state index contributed by atoms with van der Waals surface area (Å²) < 4.78 is 40.6. The van der Waals surface area contributed by atoms with Crippen molar-refractivity contribution in [3.63, 3.8) is 0 Å². The molecular formula is C18H20F3N3O. The van der Waals surface area contributed by atoms with Gasteiger partial charge in [-0.15, -0.1) is 0 Å². The van der Waals surface area contributed by atoms with Gasteiger partial charge >= 0.3 is 6.18 Å². The monoisotopic (exact) mass is 351 g/mol. The zero-order valence-electron chi connectivity index (χ0n) is 14.2. The summed E-state index contributed by atoms with van der Waals surface area (Å²) in [6, 6.07) is 7.62. The molecule has 0 N–H and O–H groups in total. The molecule has 1 aromatic heterocycles. The number of aryl methyl sites for hydroxylation is 1. The minimum absolute atomic E-state index is 0.0781. The molecule has 134 valence electrons. The number of hydrogen-bond acceptors (Lipinski definition) is 2. The predicted molar refractivity (Wildman–Crippen MR) is 87.7 cm³/mol. The van der Waals surface area contributed by atoms with Crippen molar-refractivity contribution in [2.75, 3.05) is 13.1 Å². The summed E-state index contributed by atoms with van der Waals surface area (Å²) >= 11 is 0. The van der Waals surface area contributed by atoms with Gasteiger partial charge in [0.05, 0.1) is 29.1 Å². The standard InChI is InChI=1S/C18H20F3N3O/c1-12-6-3-4-8-16(12)24-13(2)15(10-22-24)17(25)23-9-5-7-14(11-23)18(19,20)21/h3-4,6,8,10,14H,5,7,9,11H2,1-2H3. The van der Waals surface area contributed by atoms with Crippen LogP contribution in [-0.4, -0.2) is 39.9 Å². The van der Waals surface area contributed by atoms with Crippen molar-refractivity contribution in [1.29, 1.82) is 0 Å². The molecule has 1 saturated heterocycles. The average Bonchev–Trinajstić information content (AvgIpc) is 2.95. The number of para-hydroxylation sites is 1. The van der Waals surface area contributed by atoms with E-state index in [9.17, 15) is 18.0 Å². The molecule has 25 heavy (non-hydrogen) atoms. The summed E-state index contributed by atoms with van der Waals surface area (Å²) in [7, 11) is 0. The summed E-state index contributed by atoms with van der Waals surface area (Å²) in [5, 5.41) is 4.28. The molecule has 1 aliphatic heterocycles. The maximum atomic E-state index is 13.0. The van der Waals surface area contributed by atoms with Gasteiger partial charge in [0.15, 0.2) is 0 Å². The molecule has 0 saturated carbocycles. The van der Waals surface area contributed by atoms with E-state index in [0.717, 1.165) is 11.3 Å². The number of carbonyl (C=O) groups is 1. The van der Waals surface area contributed by atoms with Crippen molar-refractivity contribution in [2.45, 2.75) is 32.9 Å². The molecule has 1 aliphatic rings. The van der Waals surface area contributed by atoms with Gasteiger partial charge in [0.2, 0.25) is 0 Å². The largest absolute Gasteiger partial charge is 0.393 e. The number of hydrogen-bond donors (Lipinski definition) is 0. The lowest BCUT2D eigenvalue weighted by Gasteiger charge is -2.33. The first-order valence-electron chi connectivity index (χ1n) is 8.25. The van der Waals surface area contributed by atoms with Crippen LogP contribution in [0.3, 0.4) is 0 Å². The lowest BCUT2D eigenvalue weighted by Crippen LogP contribution is -2.44. The number of aromatic nitrogens is 2. The number of likely N-dealkylation sites (tertiary alicyclic amines) is 1. The number of piperidine rings is 1. The highest BCUT2D eigenvalue weighted by Crippen LogP contribution is 2.33. The van der Waals surface area contributed by atoms with Crippen molar-refractivity contribution in [2.24, 2.45) is 5.92 Å². The zero-order valence-corrected chi connectivity index (χ0v) is 14.2. The highest BCUT2D eigenvalue weighted by atomic mass is 19.4. The minimum atomic E-state index is -4.26. The lowest BCUT2D eigenvalue weighted by atomic mass is 9.97. The second kappa shape index (κ2) is 6.54. The van der Waals surface area contributed by atoms with Gasteiger partial charge in [-0.05, 0) is 38.3 Å². The van der Waals surface area contributed by atoms with Crippen LogP contribution < -0.4 is 0 Å². The topological polar surface area (TPSA) is 38.1 Å². The fourth-order valence-electron chi connectivity index (χ4n) is 3.26. The quantitative estimate of drug-likeness (QED) is 0.823. The smallest absolute Gasteiger partial charge is 0.338 e. The molecule has 3 rings (SSSR count). The molecule has 1 atom stereocenters. The Morgan fingerprint density at radius 2 is 1.96 bits per heavy atom. The predicted octanol–water partition coefficient (Wildman–Crippen LogP) is 3.90. The van der Waals surface area contributed by atoms with Gasteiger partial charge in [-0.25, -0.2) is 4.68 Å². The van der Waals surface area contributed by atoms with E-state index in [0.29, 0.717) is 24.2 Å². The van der Waals surface area contributed by atoms with Crippen molar-refractivity contribution in [3.8, 4) is 5.69 Å². The Hall–Kier alpha value is -2.31. The number of rotatable bonds is 2. The van der Waals surface area contributed by atoms with E-state index < -0.39 is 12.1 Å². The second-order valence-corrected chi connectivity index (χ2v) is 6.47. The van der Waals surface area contributed by atoms with Crippen LogP contribution in [0.15, 0.2) is 30.5 Å². The van der Waals surface area contributed by atoms with Crippen LogP contribution in [0.25, 0.3) is 5.69 Å². The first kappa shape index (κ1) is 17.5. The van der Waals surface area contributed by atoms with Gasteiger partial charge in [0, 0.05) is 13.1 Å². The van der Waals surface area contributed by atoms with E-state index in [1.807, 2.05) is 31.2 Å². The van der Waals surface area contributed by atoms with E-state index >= 15 is 0 Å². The fraction of sp³-hybridized carbons (Fsp3) is 0.444. The van der Waals surface area contributed by atoms with Gasteiger partial charge in [-0.3, -0.25) is 4.79 Å². The SMILES string of the molecule is Cc1ccccc1-n1ncc(C(=O)N2CCCC(C(F)(F)F)C2)c1C. The Kier molecular flexibility index (Phi) is 4.58. The molecule has 2 aromatic rings. The van der Waals surface area contributed by atoms with Crippen LogP contribution in [0.2, 0.25) is 0 Å². The van der Waals surface area contributed by atoms with E-state index in [-0.39, 0.29) is 18.9 Å². The Morgan fingerprint density at radius 1 is 1.24 bits per heavy atom. The number of alkyl halides is 3. The molecule has 1 fully saturated rings.